The maximum absolute atomic E-state index is 13.0. The number of para-hydroxylation sites is 3. The molecule has 0 radical (unpaired) electrons. The fourth-order valence-corrected chi connectivity index (χ4v) is 5.07. The van der Waals surface area contributed by atoms with E-state index < -0.39 is 0 Å². The highest BCUT2D eigenvalue weighted by Gasteiger charge is 2.18. The largest absolute Gasteiger partial charge is 0.493 e. The Labute approximate surface area is 230 Å². The molecule has 0 saturated carbocycles. The van der Waals surface area contributed by atoms with Gasteiger partial charge in [-0.1, -0.05) is 84.9 Å². The van der Waals surface area contributed by atoms with Crippen molar-refractivity contribution in [1.29, 1.82) is 0 Å². The average Bonchev–Trinajstić information content (AvgIpc) is 3.32. The Morgan fingerprint density at radius 1 is 0.846 bits per heavy atom. The molecular formula is C34H35N3O2. The minimum atomic E-state index is -0.229. The molecule has 0 aliphatic heterocycles. The zero-order valence-electron chi connectivity index (χ0n) is 22.9. The summed E-state index contributed by atoms with van der Waals surface area (Å²) in [6.45, 7) is 7.51. The van der Waals surface area contributed by atoms with Crippen LogP contribution >= 0.6 is 0 Å². The highest BCUT2D eigenvalue weighted by atomic mass is 16.5. The lowest BCUT2D eigenvalue weighted by Gasteiger charge is -2.17. The Hall–Kier alpha value is -4.38. The third kappa shape index (κ3) is 6.20. The summed E-state index contributed by atoms with van der Waals surface area (Å²) in [6.07, 6.45) is 1.15. The predicted octanol–water partition coefficient (Wildman–Crippen LogP) is 7.21. The molecule has 39 heavy (non-hydrogen) atoms. The number of fused-ring (bicyclic) bond motifs is 1. The number of hydrogen-bond donors (Lipinski definition) is 1. The number of aromatic nitrogens is 2. The molecule has 5 nitrogen and oxygen atoms in total. The quantitative estimate of drug-likeness (QED) is 0.199. The van der Waals surface area contributed by atoms with Gasteiger partial charge in [0, 0.05) is 6.54 Å². The molecule has 5 aromatic rings. The van der Waals surface area contributed by atoms with Gasteiger partial charge in [-0.25, -0.2) is 4.98 Å². The second-order valence-corrected chi connectivity index (χ2v) is 10.1. The molecule has 1 heterocycles. The van der Waals surface area contributed by atoms with Gasteiger partial charge in [-0.2, -0.15) is 0 Å². The number of ether oxygens (including phenoxy) is 1. The average molecular weight is 518 g/mol. The van der Waals surface area contributed by atoms with Gasteiger partial charge in [0.2, 0.25) is 5.91 Å². The van der Waals surface area contributed by atoms with Gasteiger partial charge in [0.1, 0.15) is 11.6 Å². The molecule has 1 amide bonds. The van der Waals surface area contributed by atoms with Crippen LogP contribution in [0.3, 0.4) is 0 Å². The lowest BCUT2D eigenvalue weighted by atomic mass is 10.0. The van der Waals surface area contributed by atoms with Crippen molar-refractivity contribution in [3.05, 3.63) is 120 Å². The zero-order chi connectivity index (χ0) is 27.2. The normalized spacial score (nSPS) is 11.9. The molecular weight excluding hydrogens is 482 g/mol. The van der Waals surface area contributed by atoms with Crippen LogP contribution in [-0.4, -0.2) is 22.1 Å². The number of nitrogens with one attached hydrogen (secondary N) is 1. The molecule has 0 bridgehead atoms. The predicted molar refractivity (Wildman–Crippen MR) is 158 cm³/mol. The summed E-state index contributed by atoms with van der Waals surface area (Å²) in [6, 6.07) is 32.5. The van der Waals surface area contributed by atoms with Crippen molar-refractivity contribution >= 4 is 16.9 Å². The van der Waals surface area contributed by atoms with Crippen molar-refractivity contribution in [3.8, 4) is 16.9 Å². The number of nitrogens with zero attached hydrogens (tertiary/aromatic N) is 2. The summed E-state index contributed by atoms with van der Waals surface area (Å²) in [5, 5.41) is 3.17. The van der Waals surface area contributed by atoms with E-state index in [-0.39, 0.29) is 11.9 Å². The molecule has 4 aromatic carbocycles. The molecule has 5 rings (SSSR count). The van der Waals surface area contributed by atoms with Crippen LogP contribution < -0.4 is 10.1 Å². The van der Waals surface area contributed by atoms with Crippen LogP contribution in [0.4, 0.5) is 0 Å². The number of hydrogen-bond acceptors (Lipinski definition) is 3. The lowest BCUT2D eigenvalue weighted by molar-refractivity contribution is -0.121. The molecule has 198 valence electrons. The lowest BCUT2D eigenvalue weighted by Crippen LogP contribution is -2.30. The van der Waals surface area contributed by atoms with E-state index in [1.807, 2.05) is 55.5 Å². The number of benzene rings is 4. The molecule has 0 aliphatic rings. The fourth-order valence-electron chi connectivity index (χ4n) is 5.07. The first-order chi connectivity index (χ1) is 19.0. The number of amides is 1. The smallest absolute Gasteiger partial charge is 0.224 e. The van der Waals surface area contributed by atoms with Crippen LogP contribution in [0.2, 0.25) is 0 Å². The Morgan fingerprint density at radius 3 is 2.26 bits per heavy atom. The Kier molecular flexibility index (Phi) is 8.07. The maximum Gasteiger partial charge on any atom is 0.224 e. The minimum absolute atomic E-state index is 0.0214. The van der Waals surface area contributed by atoms with Gasteiger partial charge in [0.25, 0.3) is 0 Å². The fraction of sp³-hybridized carbons (Fsp3) is 0.235. The molecule has 0 saturated heterocycles. The van der Waals surface area contributed by atoms with Gasteiger partial charge >= 0.3 is 0 Å². The van der Waals surface area contributed by atoms with Crippen molar-refractivity contribution < 1.29 is 9.53 Å². The Bertz CT molecular complexity index is 1540. The summed E-state index contributed by atoms with van der Waals surface area (Å²) in [5.41, 5.74) is 7.59. The summed E-state index contributed by atoms with van der Waals surface area (Å²) in [4.78, 5) is 17.9. The van der Waals surface area contributed by atoms with Gasteiger partial charge in [0.15, 0.2) is 0 Å². The van der Waals surface area contributed by atoms with Crippen molar-refractivity contribution in [2.75, 3.05) is 6.61 Å². The second kappa shape index (κ2) is 12.0. The van der Waals surface area contributed by atoms with E-state index in [0.29, 0.717) is 13.0 Å². The molecule has 1 aromatic heterocycles. The van der Waals surface area contributed by atoms with Gasteiger partial charge in [-0.05, 0) is 67.1 Å². The molecule has 0 aliphatic carbocycles. The third-order valence-electron chi connectivity index (χ3n) is 7.06. The molecule has 5 heteroatoms. The Balaban J connectivity index is 1.24. The standard InChI is InChI=1S/C34H35N3O2/c1-24-11-9-12-25(2)33(24)39-22-10-21-37-31-16-8-7-15-30(31)36-34(37)26(3)35-32(38)23-27-17-19-29(20-18-27)28-13-5-4-6-14-28/h4-9,11-20,26H,10,21-23H2,1-3H3,(H,35,38). The minimum Gasteiger partial charge on any atom is -0.493 e. The number of imidazole rings is 1. The van der Waals surface area contributed by atoms with E-state index in [0.717, 1.165) is 57.8 Å². The van der Waals surface area contributed by atoms with E-state index in [1.54, 1.807) is 0 Å². The summed E-state index contributed by atoms with van der Waals surface area (Å²) >= 11 is 0. The van der Waals surface area contributed by atoms with Crippen molar-refractivity contribution in [2.24, 2.45) is 0 Å². The van der Waals surface area contributed by atoms with Crippen LogP contribution in [0, 0.1) is 13.8 Å². The first kappa shape index (κ1) is 26.2. The van der Waals surface area contributed by atoms with Crippen LogP contribution in [0.15, 0.2) is 97.1 Å². The first-order valence-electron chi connectivity index (χ1n) is 13.6. The van der Waals surface area contributed by atoms with Crippen molar-refractivity contribution in [2.45, 2.75) is 46.2 Å². The maximum atomic E-state index is 13.0. The van der Waals surface area contributed by atoms with E-state index in [1.165, 1.54) is 5.56 Å². The summed E-state index contributed by atoms with van der Waals surface area (Å²) < 4.78 is 8.35. The first-order valence-corrected chi connectivity index (χ1v) is 13.6. The number of carbonyl (C=O) groups excluding carboxylic acids is 1. The highest BCUT2D eigenvalue weighted by Crippen LogP contribution is 2.24. The van der Waals surface area contributed by atoms with Crippen LogP contribution in [0.5, 0.6) is 5.75 Å². The topological polar surface area (TPSA) is 56.1 Å². The highest BCUT2D eigenvalue weighted by molar-refractivity contribution is 5.80. The van der Waals surface area contributed by atoms with E-state index in [4.69, 9.17) is 9.72 Å². The molecule has 1 atom stereocenters. The van der Waals surface area contributed by atoms with Gasteiger partial charge < -0.3 is 14.6 Å². The molecule has 0 spiro atoms. The SMILES string of the molecule is Cc1cccc(C)c1OCCCn1c(C(C)NC(=O)Cc2ccc(-c3ccccc3)cc2)nc2ccccc21. The van der Waals surface area contributed by atoms with Crippen molar-refractivity contribution in [1.82, 2.24) is 14.9 Å². The van der Waals surface area contributed by atoms with Crippen molar-refractivity contribution in [3.63, 3.8) is 0 Å². The van der Waals surface area contributed by atoms with E-state index in [9.17, 15) is 4.79 Å². The van der Waals surface area contributed by atoms with Gasteiger partial charge in [-0.3, -0.25) is 4.79 Å². The molecule has 0 fully saturated rings. The number of rotatable bonds is 10. The van der Waals surface area contributed by atoms with Crippen LogP contribution in [0.25, 0.3) is 22.2 Å². The zero-order valence-corrected chi connectivity index (χ0v) is 22.9. The second-order valence-electron chi connectivity index (χ2n) is 10.1. The van der Waals surface area contributed by atoms with Gasteiger partial charge in [0.05, 0.1) is 30.1 Å². The number of aryl methyl sites for hydroxylation is 3. The van der Waals surface area contributed by atoms with E-state index in [2.05, 4.69) is 72.3 Å². The Morgan fingerprint density at radius 2 is 1.51 bits per heavy atom. The van der Waals surface area contributed by atoms with Gasteiger partial charge in [-0.15, -0.1) is 0 Å². The van der Waals surface area contributed by atoms with E-state index >= 15 is 0 Å². The monoisotopic (exact) mass is 517 g/mol. The third-order valence-corrected chi connectivity index (χ3v) is 7.06. The summed E-state index contributed by atoms with van der Waals surface area (Å²) in [5.74, 6) is 1.80. The van der Waals surface area contributed by atoms with Crippen LogP contribution in [-0.2, 0) is 17.8 Å². The number of carbonyl (C=O) groups is 1. The molecule has 1 N–H and O–H groups in total. The summed E-state index contributed by atoms with van der Waals surface area (Å²) in [7, 11) is 0. The molecule has 1 unspecified atom stereocenters. The van der Waals surface area contributed by atoms with Crippen LogP contribution in [0.1, 0.15) is 41.9 Å².